The minimum atomic E-state index is -3.68. The average Bonchev–Trinajstić information content (AvgIpc) is 2.67. The van der Waals surface area contributed by atoms with E-state index in [1.54, 1.807) is 0 Å². The summed E-state index contributed by atoms with van der Waals surface area (Å²) in [7, 11) is -3.68. The second-order valence-electron chi connectivity index (χ2n) is 3.97. The van der Waals surface area contributed by atoms with Gasteiger partial charge in [0, 0.05) is 5.56 Å². The highest BCUT2D eigenvalue weighted by atomic mass is 32.2. The van der Waals surface area contributed by atoms with Crippen LogP contribution in [-0.4, -0.2) is 24.4 Å². The Labute approximate surface area is 114 Å². The maximum Gasteiger partial charge on any atom is 0.253 e. The van der Waals surface area contributed by atoms with Crippen molar-refractivity contribution in [3.63, 3.8) is 0 Å². The normalized spacial score (nSPS) is 11.5. The number of halogens is 1. The number of hydrogen-bond acceptors (Lipinski definition) is 5. The van der Waals surface area contributed by atoms with Crippen molar-refractivity contribution in [2.24, 2.45) is 0 Å². The van der Waals surface area contributed by atoms with Gasteiger partial charge in [-0.15, -0.1) is 0 Å². The van der Waals surface area contributed by atoms with Crippen molar-refractivity contribution in [1.82, 2.24) is 0 Å². The Morgan fingerprint density at radius 3 is 2.60 bits per heavy atom. The largest absolute Gasteiger partial charge is 0.502 e. The van der Waals surface area contributed by atoms with E-state index in [-0.39, 0.29) is 17.1 Å². The molecule has 0 saturated heterocycles. The van der Waals surface area contributed by atoms with Crippen molar-refractivity contribution in [1.29, 1.82) is 0 Å². The third kappa shape index (κ3) is 2.69. The predicted molar refractivity (Wildman–Crippen MR) is 70.5 cm³/mol. The Kier molecular flexibility index (Phi) is 3.58. The molecule has 1 heterocycles. The summed E-state index contributed by atoms with van der Waals surface area (Å²) in [6, 6.07) is 5.11. The number of anilines is 1. The summed E-state index contributed by atoms with van der Waals surface area (Å²) >= 11 is 0. The molecule has 20 heavy (non-hydrogen) atoms. The van der Waals surface area contributed by atoms with Crippen molar-refractivity contribution in [3.8, 4) is 22.8 Å². The van der Waals surface area contributed by atoms with Crippen LogP contribution in [0.2, 0.25) is 0 Å². The molecule has 3 N–H and O–H groups in total. The van der Waals surface area contributed by atoms with Gasteiger partial charge in [0.15, 0.2) is 5.76 Å². The van der Waals surface area contributed by atoms with Gasteiger partial charge < -0.3 is 14.6 Å². The molecule has 0 amide bonds. The number of nitrogens with one attached hydrogen (secondary N) is 1. The molecule has 2 aromatic rings. The van der Waals surface area contributed by atoms with Gasteiger partial charge in [-0.05, 0) is 19.1 Å². The van der Waals surface area contributed by atoms with Gasteiger partial charge in [-0.2, -0.15) is 0 Å². The Morgan fingerprint density at radius 1 is 1.30 bits per heavy atom. The van der Waals surface area contributed by atoms with Crippen LogP contribution in [0.15, 0.2) is 28.7 Å². The van der Waals surface area contributed by atoms with Crippen molar-refractivity contribution in [2.75, 3.05) is 10.5 Å². The molecule has 108 valence electrons. The number of sulfonamides is 1. The molecule has 0 unspecified atom stereocenters. The molecule has 0 aliphatic carbocycles. The van der Waals surface area contributed by atoms with E-state index >= 15 is 0 Å². The highest BCUT2D eigenvalue weighted by Crippen LogP contribution is 2.45. The number of hydrogen-bond donors (Lipinski definition) is 3. The van der Waals surface area contributed by atoms with E-state index in [0.29, 0.717) is 0 Å². The Morgan fingerprint density at radius 2 is 2.00 bits per heavy atom. The molecule has 1 aromatic carbocycles. The fraction of sp³-hybridized carbons (Fsp3) is 0.167. The average molecular weight is 301 g/mol. The fourth-order valence-electron chi connectivity index (χ4n) is 1.52. The monoisotopic (exact) mass is 301 g/mol. The Bertz CT molecular complexity index is 738. The van der Waals surface area contributed by atoms with Crippen molar-refractivity contribution < 1.29 is 27.4 Å². The number of rotatable bonds is 4. The van der Waals surface area contributed by atoms with E-state index in [1.165, 1.54) is 25.1 Å². The summed E-state index contributed by atoms with van der Waals surface area (Å²) in [5.41, 5.74) is 0.166. The van der Waals surface area contributed by atoms with Crippen LogP contribution < -0.4 is 4.72 Å². The van der Waals surface area contributed by atoms with E-state index in [9.17, 15) is 23.0 Å². The molecule has 6 nitrogen and oxygen atoms in total. The zero-order chi connectivity index (χ0) is 14.9. The van der Waals surface area contributed by atoms with E-state index in [0.717, 1.165) is 6.07 Å². The van der Waals surface area contributed by atoms with Crippen molar-refractivity contribution in [3.05, 3.63) is 30.1 Å². The van der Waals surface area contributed by atoms with E-state index in [4.69, 9.17) is 4.42 Å². The summed E-state index contributed by atoms with van der Waals surface area (Å²) < 4.78 is 43.0. The van der Waals surface area contributed by atoms with Crippen LogP contribution >= 0.6 is 0 Å². The van der Waals surface area contributed by atoms with Gasteiger partial charge in [0.2, 0.25) is 21.5 Å². The number of furan rings is 1. The molecule has 0 atom stereocenters. The fourth-order valence-corrected chi connectivity index (χ4v) is 2.09. The molecule has 0 bridgehead atoms. The first-order valence-electron chi connectivity index (χ1n) is 5.65. The molecular formula is C12H12FNO5S. The van der Waals surface area contributed by atoms with Gasteiger partial charge in [-0.25, -0.2) is 17.5 Å². The van der Waals surface area contributed by atoms with Crippen LogP contribution in [0.1, 0.15) is 6.92 Å². The zero-order valence-electron chi connectivity index (χ0n) is 10.4. The molecule has 0 saturated carbocycles. The van der Waals surface area contributed by atoms with Crippen LogP contribution in [0.25, 0.3) is 11.3 Å². The molecule has 0 aliphatic heterocycles. The molecular weight excluding hydrogens is 289 g/mol. The van der Waals surface area contributed by atoms with Gasteiger partial charge in [-0.3, -0.25) is 0 Å². The first-order chi connectivity index (χ1) is 9.34. The maximum atomic E-state index is 13.1. The summed E-state index contributed by atoms with van der Waals surface area (Å²) in [5.74, 6) is -2.94. The van der Waals surface area contributed by atoms with Crippen LogP contribution in [0.3, 0.4) is 0 Å². The van der Waals surface area contributed by atoms with E-state index < -0.39 is 33.2 Å². The Hall–Kier alpha value is -2.22. The third-order valence-corrected chi connectivity index (χ3v) is 3.83. The van der Waals surface area contributed by atoms with Crippen molar-refractivity contribution in [2.45, 2.75) is 6.92 Å². The van der Waals surface area contributed by atoms with Crippen LogP contribution in [0.5, 0.6) is 11.5 Å². The highest BCUT2D eigenvalue weighted by Gasteiger charge is 2.23. The van der Waals surface area contributed by atoms with Gasteiger partial charge in [0.05, 0.1) is 5.75 Å². The topological polar surface area (TPSA) is 99.8 Å². The SMILES string of the molecule is CCS(=O)(=O)Nc1oc(-c2cccc(F)c2)c(O)c1O. The van der Waals surface area contributed by atoms with E-state index in [1.807, 2.05) is 4.72 Å². The van der Waals surface area contributed by atoms with Crippen LogP contribution in [-0.2, 0) is 10.0 Å². The summed E-state index contributed by atoms with van der Waals surface area (Å²) in [6.45, 7) is 1.40. The minimum absolute atomic E-state index is 0.166. The van der Waals surface area contributed by atoms with Crippen LogP contribution in [0.4, 0.5) is 10.3 Å². The standard InChI is InChI=1S/C12H12FNO5S/c1-2-20(17,18)14-12-10(16)9(15)11(19-12)7-4-3-5-8(13)6-7/h3-6,14-16H,2H2,1H3. The number of aromatic hydroxyl groups is 2. The third-order valence-electron chi connectivity index (χ3n) is 2.57. The summed E-state index contributed by atoms with van der Waals surface area (Å²) in [4.78, 5) is 0. The lowest BCUT2D eigenvalue weighted by molar-refractivity contribution is 0.410. The van der Waals surface area contributed by atoms with Crippen LogP contribution in [0, 0.1) is 5.82 Å². The van der Waals surface area contributed by atoms with Gasteiger partial charge >= 0.3 is 0 Å². The maximum absolute atomic E-state index is 13.1. The number of benzene rings is 1. The molecule has 0 spiro atoms. The molecule has 0 radical (unpaired) electrons. The quantitative estimate of drug-likeness (QED) is 0.804. The highest BCUT2D eigenvalue weighted by molar-refractivity contribution is 7.92. The van der Waals surface area contributed by atoms with Gasteiger partial charge in [0.1, 0.15) is 5.82 Å². The molecule has 1 aromatic heterocycles. The lowest BCUT2D eigenvalue weighted by Gasteiger charge is -2.01. The van der Waals surface area contributed by atoms with Gasteiger partial charge in [0.25, 0.3) is 5.88 Å². The minimum Gasteiger partial charge on any atom is -0.502 e. The second kappa shape index (κ2) is 5.04. The van der Waals surface area contributed by atoms with Gasteiger partial charge in [-0.1, -0.05) is 12.1 Å². The molecule has 0 fully saturated rings. The second-order valence-corrected chi connectivity index (χ2v) is 5.98. The smallest absolute Gasteiger partial charge is 0.253 e. The zero-order valence-corrected chi connectivity index (χ0v) is 11.2. The first-order valence-corrected chi connectivity index (χ1v) is 7.30. The lowest BCUT2D eigenvalue weighted by atomic mass is 10.1. The molecule has 2 rings (SSSR count). The Balaban J connectivity index is 2.48. The molecule has 8 heteroatoms. The predicted octanol–water partition coefficient (Wildman–Crippen LogP) is 2.26. The molecule has 0 aliphatic rings. The summed E-state index contributed by atoms with van der Waals surface area (Å²) in [5, 5.41) is 19.4. The van der Waals surface area contributed by atoms with E-state index in [2.05, 4.69) is 0 Å². The first kappa shape index (κ1) is 14.2. The van der Waals surface area contributed by atoms with Crippen molar-refractivity contribution >= 4 is 15.9 Å². The summed E-state index contributed by atoms with van der Waals surface area (Å²) in [6.07, 6.45) is 0. The lowest BCUT2D eigenvalue weighted by Crippen LogP contribution is -2.14.